The number of carbonyl (C=O) groups excluding carboxylic acids is 2. The molecule has 7 heteroatoms. The van der Waals surface area contributed by atoms with E-state index >= 15 is 0 Å². The Hall–Kier alpha value is -3.79. The van der Waals surface area contributed by atoms with Crippen LogP contribution in [0.15, 0.2) is 60.3 Å². The van der Waals surface area contributed by atoms with Gasteiger partial charge in [0.25, 0.3) is 5.91 Å². The fourth-order valence-corrected chi connectivity index (χ4v) is 2.04. The van der Waals surface area contributed by atoms with E-state index in [0.29, 0.717) is 17.1 Å². The summed E-state index contributed by atoms with van der Waals surface area (Å²) >= 11 is 0. The van der Waals surface area contributed by atoms with Crippen LogP contribution in [-0.2, 0) is 9.59 Å². The van der Waals surface area contributed by atoms with Crippen molar-refractivity contribution in [1.82, 2.24) is 0 Å². The number of nitrogen functional groups attached to an aromatic ring is 1. The van der Waals surface area contributed by atoms with Crippen LogP contribution in [0.4, 0.5) is 17.1 Å². The molecule has 2 aromatic rings. The lowest BCUT2D eigenvalue weighted by Gasteiger charge is -2.19. The summed E-state index contributed by atoms with van der Waals surface area (Å²) < 4.78 is 0. The summed E-state index contributed by atoms with van der Waals surface area (Å²) in [5, 5.41) is 21.3. The van der Waals surface area contributed by atoms with Gasteiger partial charge in [-0.15, -0.1) is 0 Å². The molecule has 0 aliphatic rings. The van der Waals surface area contributed by atoms with Crippen molar-refractivity contribution < 1.29 is 14.7 Å². The van der Waals surface area contributed by atoms with Crippen molar-refractivity contribution in [2.75, 3.05) is 16.0 Å². The summed E-state index contributed by atoms with van der Waals surface area (Å²) in [6.45, 7) is 1.23. The van der Waals surface area contributed by atoms with Crippen LogP contribution >= 0.6 is 0 Å². The van der Waals surface area contributed by atoms with E-state index in [1.807, 2.05) is 0 Å². The highest BCUT2D eigenvalue weighted by atomic mass is 16.3. The number of phenolic OH excluding ortho intramolecular Hbond substituents is 1. The Balaban J connectivity index is 2.27. The molecule has 0 radical (unpaired) electrons. The zero-order valence-electron chi connectivity index (χ0n) is 13.4. The van der Waals surface area contributed by atoms with Gasteiger partial charge >= 0.3 is 0 Å². The first kappa shape index (κ1) is 17.6. The minimum Gasteiger partial charge on any atom is -0.508 e. The minimum absolute atomic E-state index is 0.0946. The fraction of sp³-hybridized carbons (Fsp3) is 0.0556. The number of aromatic hydroxyl groups is 1. The first-order valence-electron chi connectivity index (χ1n) is 7.29. The number of imide groups is 1. The molecule has 126 valence electrons. The lowest BCUT2D eigenvalue weighted by molar-refractivity contribution is -0.123. The number of amides is 2. The van der Waals surface area contributed by atoms with Crippen molar-refractivity contribution >= 4 is 28.9 Å². The second-order valence-corrected chi connectivity index (χ2v) is 5.11. The van der Waals surface area contributed by atoms with Crippen LogP contribution in [0.5, 0.6) is 5.75 Å². The molecule has 0 aliphatic carbocycles. The van der Waals surface area contributed by atoms with E-state index in [2.05, 4.69) is 5.32 Å². The number of hydrogen-bond acceptors (Lipinski definition) is 6. The fourth-order valence-electron chi connectivity index (χ4n) is 2.04. The van der Waals surface area contributed by atoms with Crippen LogP contribution in [0.3, 0.4) is 0 Å². The highest BCUT2D eigenvalue weighted by molar-refractivity contribution is 6.21. The van der Waals surface area contributed by atoms with Gasteiger partial charge in [-0.25, -0.2) is 4.90 Å². The smallest absolute Gasteiger partial charge is 0.277 e. The molecular weight excluding hydrogens is 320 g/mol. The maximum atomic E-state index is 12.6. The molecule has 0 unspecified atom stereocenters. The van der Waals surface area contributed by atoms with Gasteiger partial charge in [0.05, 0.1) is 5.69 Å². The molecule has 0 spiro atoms. The zero-order chi connectivity index (χ0) is 18.4. The van der Waals surface area contributed by atoms with Crippen molar-refractivity contribution in [3.05, 3.63) is 60.3 Å². The summed E-state index contributed by atoms with van der Waals surface area (Å²) in [4.78, 5) is 25.4. The average Bonchev–Trinajstić information content (AvgIpc) is 2.58. The quantitative estimate of drug-likeness (QED) is 0.341. The highest BCUT2D eigenvalue weighted by Crippen LogP contribution is 2.19. The van der Waals surface area contributed by atoms with E-state index < -0.39 is 11.8 Å². The molecule has 2 rings (SSSR count). The van der Waals surface area contributed by atoms with Crippen LogP contribution in [0.2, 0.25) is 0 Å². The van der Waals surface area contributed by atoms with Crippen LogP contribution in [0.25, 0.3) is 0 Å². The standard InChI is InChI=1S/C18H16N4O3/c1-12(23)22(16-6-2-14(20)3-7-16)18(25)13(10-19)11-21-15-4-8-17(24)9-5-15/h2-9,11,21,24H,20H2,1H3/b13-11-. The highest BCUT2D eigenvalue weighted by Gasteiger charge is 2.23. The third kappa shape index (κ3) is 4.36. The predicted molar refractivity (Wildman–Crippen MR) is 94.4 cm³/mol. The zero-order valence-corrected chi connectivity index (χ0v) is 13.4. The lowest BCUT2D eigenvalue weighted by Crippen LogP contribution is -2.36. The number of hydrogen-bond donors (Lipinski definition) is 3. The molecule has 0 heterocycles. The summed E-state index contributed by atoms with van der Waals surface area (Å²) in [5.74, 6) is -1.19. The molecule has 0 fully saturated rings. The molecule has 0 atom stereocenters. The van der Waals surface area contributed by atoms with Gasteiger partial charge < -0.3 is 16.2 Å². The summed E-state index contributed by atoms with van der Waals surface area (Å²) in [6.07, 6.45) is 1.21. The van der Waals surface area contributed by atoms with Crippen molar-refractivity contribution in [3.8, 4) is 11.8 Å². The van der Waals surface area contributed by atoms with Crippen LogP contribution in [0, 0.1) is 11.3 Å². The molecule has 2 aromatic carbocycles. The van der Waals surface area contributed by atoms with E-state index in [9.17, 15) is 20.0 Å². The number of phenols is 1. The Labute approximate surface area is 144 Å². The van der Waals surface area contributed by atoms with Gasteiger partial charge in [-0.3, -0.25) is 9.59 Å². The largest absolute Gasteiger partial charge is 0.508 e. The van der Waals surface area contributed by atoms with E-state index in [4.69, 9.17) is 5.73 Å². The molecule has 0 saturated carbocycles. The molecule has 0 aliphatic heterocycles. The molecule has 25 heavy (non-hydrogen) atoms. The molecule has 0 aromatic heterocycles. The Morgan fingerprint density at radius 3 is 2.28 bits per heavy atom. The number of carbonyl (C=O) groups is 2. The van der Waals surface area contributed by atoms with Crippen molar-refractivity contribution in [1.29, 1.82) is 5.26 Å². The maximum absolute atomic E-state index is 12.6. The SMILES string of the molecule is CC(=O)N(C(=O)/C(C#N)=C\Nc1ccc(O)cc1)c1ccc(N)cc1. The number of benzene rings is 2. The number of nitriles is 1. The third-order valence-corrected chi connectivity index (χ3v) is 3.27. The van der Waals surface area contributed by atoms with Gasteiger partial charge in [0, 0.05) is 24.5 Å². The number of nitrogens with two attached hydrogens (primary N) is 1. The minimum atomic E-state index is -0.758. The van der Waals surface area contributed by atoms with Gasteiger partial charge in [-0.05, 0) is 48.5 Å². The Morgan fingerprint density at radius 2 is 1.76 bits per heavy atom. The number of nitrogens with one attached hydrogen (secondary N) is 1. The number of rotatable bonds is 4. The van der Waals surface area contributed by atoms with Gasteiger partial charge in [-0.2, -0.15) is 5.26 Å². The van der Waals surface area contributed by atoms with E-state index in [0.717, 1.165) is 4.90 Å². The van der Waals surface area contributed by atoms with Crippen LogP contribution < -0.4 is 16.0 Å². The maximum Gasteiger partial charge on any atom is 0.277 e. The summed E-state index contributed by atoms with van der Waals surface area (Å²) in [5.41, 5.74) is 6.74. The average molecular weight is 336 g/mol. The number of anilines is 3. The van der Waals surface area contributed by atoms with E-state index in [1.54, 1.807) is 30.3 Å². The van der Waals surface area contributed by atoms with Gasteiger partial charge in [-0.1, -0.05) is 0 Å². The molecule has 0 bridgehead atoms. The van der Waals surface area contributed by atoms with Crippen molar-refractivity contribution in [2.45, 2.75) is 6.92 Å². The Morgan fingerprint density at radius 1 is 1.16 bits per heavy atom. The third-order valence-electron chi connectivity index (χ3n) is 3.27. The topological polar surface area (TPSA) is 119 Å². The Bertz CT molecular complexity index is 849. The van der Waals surface area contributed by atoms with Crippen LogP contribution in [-0.4, -0.2) is 16.9 Å². The van der Waals surface area contributed by atoms with E-state index in [1.165, 1.54) is 37.4 Å². The monoisotopic (exact) mass is 336 g/mol. The molecule has 4 N–H and O–H groups in total. The summed E-state index contributed by atoms with van der Waals surface area (Å²) in [7, 11) is 0. The normalized spacial score (nSPS) is 10.6. The second-order valence-electron chi connectivity index (χ2n) is 5.11. The molecule has 7 nitrogen and oxygen atoms in total. The first-order chi connectivity index (χ1) is 11.9. The van der Waals surface area contributed by atoms with Gasteiger partial charge in [0.1, 0.15) is 17.4 Å². The van der Waals surface area contributed by atoms with Gasteiger partial charge in [0.15, 0.2) is 0 Å². The molecule has 0 saturated heterocycles. The molecular formula is C18H16N4O3. The predicted octanol–water partition coefficient (Wildman–Crippen LogP) is 2.37. The molecule has 2 amide bonds. The van der Waals surface area contributed by atoms with Gasteiger partial charge in [0.2, 0.25) is 5.91 Å². The van der Waals surface area contributed by atoms with Crippen LogP contribution in [0.1, 0.15) is 6.92 Å². The van der Waals surface area contributed by atoms with E-state index in [-0.39, 0.29) is 11.3 Å². The second kappa shape index (κ2) is 7.66. The number of nitrogens with zero attached hydrogens (tertiary/aromatic N) is 2. The van der Waals surface area contributed by atoms with Crippen molar-refractivity contribution in [3.63, 3.8) is 0 Å². The Kier molecular flexibility index (Phi) is 5.38. The summed E-state index contributed by atoms with van der Waals surface area (Å²) in [6, 6.07) is 14.0. The lowest BCUT2D eigenvalue weighted by atomic mass is 10.2. The first-order valence-corrected chi connectivity index (χ1v) is 7.29. The van der Waals surface area contributed by atoms with Crippen molar-refractivity contribution in [2.24, 2.45) is 0 Å².